The zero-order chi connectivity index (χ0) is 12.1. The molecule has 1 fully saturated rings. The van der Waals surface area contributed by atoms with Crippen LogP contribution in [0.1, 0.15) is 12.0 Å². The van der Waals surface area contributed by atoms with Crippen molar-refractivity contribution in [3.63, 3.8) is 0 Å². The molecule has 5 heteroatoms. The van der Waals surface area contributed by atoms with Crippen LogP contribution < -0.4 is 10.6 Å². The summed E-state index contributed by atoms with van der Waals surface area (Å²) in [6.45, 7) is 1.24. The van der Waals surface area contributed by atoms with Crippen molar-refractivity contribution in [2.24, 2.45) is 0 Å². The van der Waals surface area contributed by atoms with E-state index in [9.17, 15) is 4.79 Å². The highest BCUT2D eigenvalue weighted by Gasteiger charge is 2.17. The van der Waals surface area contributed by atoms with E-state index in [2.05, 4.69) is 10.6 Å². The number of benzene rings is 1. The van der Waals surface area contributed by atoms with E-state index in [4.69, 9.17) is 9.84 Å². The Morgan fingerprint density at radius 2 is 2.41 bits per heavy atom. The number of carbonyl (C=O) groups excluding carboxylic acids is 1. The molecule has 0 bridgehead atoms. The van der Waals surface area contributed by atoms with Crippen LogP contribution in [0.3, 0.4) is 0 Å². The first kappa shape index (κ1) is 11.9. The summed E-state index contributed by atoms with van der Waals surface area (Å²) in [5.74, 6) is 0. The van der Waals surface area contributed by atoms with Crippen molar-refractivity contribution < 1.29 is 14.6 Å². The molecule has 1 aromatic rings. The number of aliphatic hydroxyl groups excluding tert-OH is 1. The minimum absolute atomic E-state index is 0.0341. The number of carbonyl (C=O) groups is 1. The summed E-state index contributed by atoms with van der Waals surface area (Å²) in [7, 11) is 0. The van der Waals surface area contributed by atoms with Gasteiger partial charge in [0.15, 0.2) is 0 Å². The van der Waals surface area contributed by atoms with E-state index in [1.807, 2.05) is 0 Å². The number of amides is 2. The lowest BCUT2D eigenvalue weighted by Crippen LogP contribution is -2.38. The SMILES string of the molecule is O=C(Nc1cccc(CO)c1)NC1CCOC1. The molecule has 1 saturated heterocycles. The van der Waals surface area contributed by atoms with Crippen molar-refractivity contribution in [2.75, 3.05) is 18.5 Å². The molecule has 1 heterocycles. The molecule has 0 radical (unpaired) electrons. The van der Waals surface area contributed by atoms with E-state index >= 15 is 0 Å². The number of hydrogen-bond donors (Lipinski definition) is 3. The molecule has 2 amide bonds. The molecule has 1 atom stereocenters. The number of ether oxygens (including phenoxy) is 1. The predicted molar refractivity (Wildman–Crippen MR) is 63.7 cm³/mol. The molecular formula is C12H16N2O3. The lowest BCUT2D eigenvalue weighted by atomic mass is 10.2. The second kappa shape index (κ2) is 5.65. The second-order valence-electron chi connectivity index (χ2n) is 4.02. The Labute approximate surface area is 99.8 Å². The van der Waals surface area contributed by atoms with Gasteiger partial charge in [0, 0.05) is 12.3 Å². The lowest BCUT2D eigenvalue weighted by Gasteiger charge is -2.12. The molecule has 1 unspecified atom stereocenters. The van der Waals surface area contributed by atoms with Gasteiger partial charge in [-0.3, -0.25) is 0 Å². The Balaban J connectivity index is 1.88. The fourth-order valence-corrected chi connectivity index (χ4v) is 1.75. The van der Waals surface area contributed by atoms with Gasteiger partial charge in [-0.15, -0.1) is 0 Å². The van der Waals surface area contributed by atoms with Crippen molar-refractivity contribution in [3.05, 3.63) is 29.8 Å². The van der Waals surface area contributed by atoms with Gasteiger partial charge in [-0.2, -0.15) is 0 Å². The van der Waals surface area contributed by atoms with Gasteiger partial charge < -0.3 is 20.5 Å². The molecule has 1 aliphatic heterocycles. The summed E-state index contributed by atoms with van der Waals surface area (Å²) in [6, 6.07) is 6.97. The number of hydrogen-bond acceptors (Lipinski definition) is 3. The summed E-state index contributed by atoms with van der Waals surface area (Å²) < 4.78 is 5.17. The highest BCUT2D eigenvalue weighted by Crippen LogP contribution is 2.11. The van der Waals surface area contributed by atoms with Gasteiger partial charge in [0.05, 0.1) is 19.3 Å². The quantitative estimate of drug-likeness (QED) is 0.735. The fraction of sp³-hybridized carbons (Fsp3) is 0.417. The predicted octanol–water partition coefficient (Wildman–Crippen LogP) is 1.09. The summed E-state index contributed by atoms with van der Waals surface area (Å²) in [4.78, 5) is 11.6. The van der Waals surface area contributed by atoms with Crippen LogP contribution in [0.5, 0.6) is 0 Å². The van der Waals surface area contributed by atoms with Crippen LogP contribution >= 0.6 is 0 Å². The van der Waals surface area contributed by atoms with Crippen LogP contribution in [0.4, 0.5) is 10.5 Å². The molecule has 2 rings (SSSR count). The van der Waals surface area contributed by atoms with Gasteiger partial charge in [0.25, 0.3) is 0 Å². The molecule has 0 spiro atoms. The molecule has 5 nitrogen and oxygen atoms in total. The van der Waals surface area contributed by atoms with E-state index in [1.54, 1.807) is 24.3 Å². The average molecular weight is 236 g/mol. The average Bonchev–Trinajstić information content (AvgIpc) is 2.82. The Morgan fingerprint density at radius 1 is 1.53 bits per heavy atom. The first-order valence-corrected chi connectivity index (χ1v) is 5.63. The maximum Gasteiger partial charge on any atom is 0.319 e. The van der Waals surface area contributed by atoms with E-state index in [0.29, 0.717) is 18.9 Å². The van der Waals surface area contributed by atoms with E-state index in [0.717, 1.165) is 12.0 Å². The maximum absolute atomic E-state index is 11.6. The Hall–Kier alpha value is -1.59. The van der Waals surface area contributed by atoms with Crippen LogP contribution in [-0.2, 0) is 11.3 Å². The van der Waals surface area contributed by atoms with E-state index < -0.39 is 0 Å². The highest BCUT2D eigenvalue weighted by molar-refractivity contribution is 5.89. The molecule has 1 aliphatic rings. The maximum atomic E-state index is 11.6. The van der Waals surface area contributed by atoms with Gasteiger partial charge in [-0.05, 0) is 24.1 Å². The minimum Gasteiger partial charge on any atom is -0.392 e. The van der Waals surface area contributed by atoms with Gasteiger partial charge in [0.1, 0.15) is 0 Å². The topological polar surface area (TPSA) is 70.6 Å². The minimum atomic E-state index is -0.240. The van der Waals surface area contributed by atoms with Crippen LogP contribution in [0.25, 0.3) is 0 Å². The van der Waals surface area contributed by atoms with Crippen LogP contribution in [0, 0.1) is 0 Å². The number of urea groups is 1. The molecule has 3 N–H and O–H groups in total. The second-order valence-corrected chi connectivity index (χ2v) is 4.02. The fourth-order valence-electron chi connectivity index (χ4n) is 1.75. The molecule has 0 aliphatic carbocycles. The largest absolute Gasteiger partial charge is 0.392 e. The molecule has 0 aromatic heterocycles. The molecule has 92 valence electrons. The third-order valence-electron chi connectivity index (χ3n) is 2.63. The van der Waals surface area contributed by atoms with E-state index in [1.165, 1.54) is 0 Å². The van der Waals surface area contributed by atoms with Gasteiger partial charge in [0.2, 0.25) is 0 Å². The van der Waals surface area contributed by atoms with Crippen molar-refractivity contribution in [1.82, 2.24) is 5.32 Å². The number of aliphatic hydroxyl groups is 1. The Kier molecular flexibility index (Phi) is 3.95. The third kappa shape index (κ3) is 3.44. The van der Waals surface area contributed by atoms with Crippen molar-refractivity contribution >= 4 is 11.7 Å². The highest BCUT2D eigenvalue weighted by atomic mass is 16.5. The van der Waals surface area contributed by atoms with E-state index in [-0.39, 0.29) is 18.7 Å². The van der Waals surface area contributed by atoms with Crippen molar-refractivity contribution in [1.29, 1.82) is 0 Å². The first-order valence-electron chi connectivity index (χ1n) is 5.63. The molecule has 1 aromatic carbocycles. The summed E-state index contributed by atoms with van der Waals surface area (Å²) in [5, 5.41) is 14.5. The summed E-state index contributed by atoms with van der Waals surface area (Å²) in [6.07, 6.45) is 0.851. The normalized spacial score (nSPS) is 19.0. The Bertz CT molecular complexity index is 389. The first-order chi connectivity index (χ1) is 8.28. The molecular weight excluding hydrogens is 220 g/mol. The summed E-state index contributed by atoms with van der Waals surface area (Å²) >= 11 is 0. The van der Waals surface area contributed by atoms with Crippen molar-refractivity contribution in [3.8, 4) is 0 Å². The zero-order valence-electron chi connectivity index (χ0n) is 9.48. The number of rotatable bonds is 3. The van der Waals surface area contributed by atoms with Crippen LogP contribution in [0.15, 0.2) is 24.3 Å². The Morgan fingerprint density at radius 3 is 3.12 bits per heavy atom. The van der Waals surface area contributed by atoms with Gasteiger partial charge in [-0.1, -0.05) is 12.1 Å². The van der Waals surface area contributed by atoms with Crippen molar-refractivity contribution in [2.45, 2.75) is 19.1 Å². The third-order valence-corrected chi connectivity index (χ3v) is 2.63. The molecule has 17 heavy (non-hydrogen) atoms. The number of nitrogens with one attached hydrogen (secondary N) is 2. The van der Waals surface area contributed by atoms with Crippen LogP contribution in [-0.4, -0.2) is 30.4 Å². The smallest absolute Gasteiger partial charge is 0.319 e. The van der Waals surface area contributed by atoms with Gasteiger partial charge in [-0.25, -0.2) is 4.79 Å². The number of anilines is 1. The monoisotopic (exact) mass is 236 g/mol. The molecule has 0 saturated carbocycles. The van der Waals surface area contributed by atoms with Gasteiger partial charge >= 0.3 is 6.03 Å². The standard InChI is InChI=1S/C12H16N2O3/c15-7-9-2-1-3-10(6-9)13-12(16)14-11-4-5-17-8-11/h1-3,6,11,15H,4-5,7-8H2,(H2,13,14,16). The zero-order valence-corrected chi connectivity index (χ0v) is 9.48. The summed E-state index contributed by atoms with van der Waals surface area (Å²) in [5.41, 5.74) is 1.44. The van der Waals surface area contributed by atoms with Crippen LogP contribution in [0.2, 0.25) is 0 Å². The lowest BCUT2D eigenvalue weighted by molar-refractivity contribution is 0.189.